The van der Waals surface area contributed by atoms with Gasteiger partial charge in [0.05, 0.1) is 0 Å². The van der Waals surface area contributed by atoms with Gasteiger partial charge in [-0.15, -0.1) is 0 Å². The van der Waals surface area contributed by atoms with Crippen molar-refractivity contribution in [2.45, 2.75) is 19.8 Å². The molecule has 0 radical (unpaired) electrons. The minimum Gasteiger partial charge on any atom is -0.340 e. The summed E-state index contributed by atoms with van der Waals surface area (Å²) in [5.74, 6) is 0.860. The first-order valence-corrected chi connectivity index (χ1v) is 6.84. The van der Waals surface area contributed by atoms with Gasteiger partial charge >= 0.3 is 0 Å². The molecule has 0 spiro atoms. The summed E-state index contributed by atoms with van der Waals surface area (Å²) in [6.07, 6.45) is 1.42. The van der Waals surface area contributed by atoms with E-state index in [1.165, 1.54) is 6.33 Å². The summed E-state index contributed by atoms with van der Waals surface area (Å²) in [7, 11) is 0. The molecule has 1 N–H and O–H groups in total. The van der Waals surface area contributed by atoms with E-state index in [0.717, 1.165) is 11.3 Å². The van der Waals surface area contributed by atoms with Gasteiger partial charge in [-0.2, -0.15) is 0 Å². The molecule has 0 saturated heterocycles. The smallest absolute Gasteiger partial charge is 0.138 e. The van der Waals surface area contributed by atoms with Crippen LogP contribution in [0, 0.1) is 0 Å². The van der Waals surface area contributed by atoms with Crippen molar-refractivity contribution in [1.82, 2.24) is 9.97 Å². The SMILES string of the molecule is CC(C)c1c(Cl)ncnc1Nc1cc(Cl)cc(Cl)c1. The lowest BCUT2D eigenvalue weighted by atomic mass is 10.1. The van der Waals surface area contributed by atoms with Gasteiger partial charge in [-0.1, -0.05) is 48.7 Å². The van der Waals surface area contributed by atoms with Crippen molar-refractivity contribution in [3.63, 3.8) is 0 Å². The highest BCUT2D eigenvalue weighted by molar-refractivity contribution is 6.35. The van der Waals surface area contributed by atoms with Crippen molar-refractivity contribution in [2.24, 2.45) is 0 Å². The summed E-state index contributed by atoms with van der Waals surface area (Å²) in [5, 5.41) is 4.73. The van der Waals surface area contributed by atoms with Crippen LogP contribution in [0.15, 0.2) is 24.5 Å². The number of benzene rings is 1. The maximum Gasteiger partial charge on any atom is 0.138 e. The first-order chi connectivity index (χ1) is 8.97. The molecule has 0 unspecified atom stereocenters. The minimum absolute atomic E-state index is 0.200. The van der Waals surface area contributed by atoms with Gasteiger partial charge in [0.15, 0.2) is 0 Å². The van der Waals surface area contributed by atoms with E-state index >= 15 is 0 Å². The molecule has 0 saturated carbocycles. The Labute approximate surface area is 126 Å². The first kappa shape index (κ1) is 14.4. The third kappa shape index (κ3) is 3.50. The molecule has 1 aromatic carbocycles. The first-order valence-electron chi connectivity index (χ1n) is 5.71. The third-order valence-electron chi connectivity index (χ3n) is 2.54. The zero-order valence-corrected chi connectivity index (χ0v) is 12.7. The van der Waals surface area contributed by atoms with Crippen LogP contribution in [0.25, 0.3) is 0 Å². The van der Waals surface area contributed by atoms with E-state index in [4.69, 9.17) is 34.8 Å². The van der Waals surface area contributed by atoms with Gasteiger partial charge < -0.3 is 5.32 Å². The van der Waals surface area contributed by atoms with E-state index in [1.54, 1.807) is 18.2 Å². The zero-order chi connectivity index (χ0) is 14.0. The Bertz CT molecular complexity index is 579. The van der Waals surface area contributed by atoms with Gasteiger partial charge in [-0.05, 0) is 24.1 Å². The van der Waals surface area contributed by atoms with E-state index in [9.17, 15) is 0 Å². The van der Waals surface area contributed by atoms with Crippen LogP contribution in [-0.4, -0.2) is 9.97 Å². The summed E-state index contributed by atoms with van der Waals surface area (Å²) in [5.41, 5.74) is 1.62. The Morgan fingerprint density at radius 1 is 1.00 bits per heavy atom. The number of nitrogens with zero attached hydrogens (tertiary/aromatic N) is 2. The number of nitrogens with one attached hydrogen (secondary N) is 1. The van der Waals surface area contributed by atoms with Gasteiger partial charge in [-0.25, -0.2) is 9.97 Å². The van der Waals surface area contributed by atoms with Crippen molar-refractivity contribution in [2.75, 3.05) is 5.32 Å². The van der Waals surface area contributed by atoms with E-state index < -0.39 is 0 Å². The van der Waals surface area contributed by atoms with E-state index in [-0.39, 0.29) is 5.92 Å². The molecule has 100 valence electrons. The second kappa shape index (κ2) is 5.95. The van der Waals surface area contributed by atoms with Gasteiger partial charge in [0, 0.05) is 21.3 Å². The molecular formula is C13H12Cl3N3. The van der Waals surface area contributed by atoms with Crippen molar-refractivity contribution >= 4 is 46.3 Å². The van der Waals surface area contributed by atoms with Gasteiger partial charge in [0.1, 0.15) is 17.3 Å². The average Bonchev–Trinajstić information content (AvgIpc) is 2.26. The molecule has 6 heteroatoms. The summed E-state index contributed by atoms with van der Waals surface area (Å²) >= 11 is 18.0. The second-order valence-electron chi connectivity index (χ2n) is 4.36. The standard InChI is InChI=1S/C13H12Cl3N3/c1-7(2)11-12(16)17-6-18-13(11)19-10-4-8(14)3-9(15)5-10/h3-7H,1-2H3,(H,17,18,19). The van der Waals surface area contributed by atoms with Crippen LogP contribution in [0.2, 0.25) is 15.2 Å². The van der Waals surface area contributed by atoms with Crippen molar-refractivity contribution < 1.29 is 0 Å². The highest BCUT2D eigenvalue weighted by atomic mass is 35.5. The fourth-order valence-corrected chi connectivity index (χ4v) is 2.63. The summed E-state index contributed by atoms with van der Waals surface area (Å²) < 4.78 is 0. The quantitative estimate of drug-likeness (QED) is 0.780. The number of halogens is 3. The topological polar surface area (TPSA) is 37.8 Å². The van der Waals surface area contributed by atoms with Gasteiger partial charge in [-0.3, -0.25) is 0 Å². The lowest BCUT2D eigenvalue weighted by Crippen LogP contribution is -2.03. The van der Waals surface area contributed by atoms with Crippen LogP contribution in [0.1, 0.15) is 25.3 Å². The molecule has 1 heterocycles. The van der Waals surface area contributed by atoms with E-state index in [0.29, 0.717) is 21.0 Å². The molecule has 0 aliphatic heterocycles. The predicted molar refractivity (Wildman–Crippen MR) is 80.9 cm³/mol. The summed E-state index contributed by atoms with van der Waals surface area (Å²) in [4.78, 5) is 8.22. The van der Waals surface area contributed by atoms with Crippen LogP contribution in [0.3, 0.4) is 0 Å². The molecule has 0 aliphatic carbocycles. The highest BCUT2D eigenvalue weighted by Crippen LogP contribution is 2.31. The molecular weight excluding hydrogens is 305 g/mol. The number of aromatic nitrogens is 2. The van der Waals surface area contributed by atoms with Gasteiger partial charge in [0.2, 0.25) is 0 Å². The van der Waals surface area contributed by atoms with Crippen LogP contribution in [-0.2, 0) is 0 Å². The van der Waals surface area contributed by atoms with E-state index in [1.807, 2.05) is 13.8 Å². The van der Waals surface area contributed by atoms with Crippen molar-refractivity contribution in [1.29, 1.82) is 0 Å². The molecule has 0 fully saturated rings. The lowest BCUT2D eigenvalue weighted by Gasteiger charge is -2.14. The molecule has 0 aliphatic rings. The largest absolute Gasteiger partial charge is 0.340 e. The molecule has 0 bridgehead atoms. The summed E-state index contributed by atoms with van der Waals surface area (Å²) in [6.45, 7) is 4.06. The fraction of sp³-hybridized carbons (Fsp3) is 0.231. The minimum atomic E-state index is 0.200. The lowest BCUT2D eigenvalue weighted by molar-refractivity contribution is 0.850. The molecule has 2 rings (SSSR count). The molecule has 0 atom stereocenters. The fourth-order valence-electron chi connectivity index (χ4n) is 1.75. The Hall–Kier alpha value is -1.03. The highest BCUT2D eigenvalue weighted by Gasteiger charge is 2.14. The number of hydrogen-bond acceptors (Lipinski definition) is 3. The van der Waals surface area contributed by atoms with Crippen molar-refractivity contribution in [3.8, 4) is 0 Å². The molecule has 0 amide bonds. The molecule has 1 aromatic heterocycles. The predicted octanol–water partition coefficient (Wildman–Crippen LogP) is 5.30. The van der Waals surface area contributed by atoms with Crippen molar-refractivity contribution in [3.05, 3.63) is 45.3 Å². The normalized spacial score (nSPS) is 10.8. The van der Waals surface area contributed by atoms with Crippen LogP contribution < -0.4 is 5.32 Å². The van der Waals surface area contributed by atoms with Crippen LogP contribution in [0.5, 0.6) is 0 Å². The molecule has 2 aromatic rings. The second-order valence-corrected chi connectivity index (χ2v) is 5.60. The van der Waals surface area contributed by atoms with Gasteiger partial charge in [0.25, 0.3) is 0 Å². The number of hydrogen-bond donors (Lipinski definition) is 1. The Balaban J connectivity index is 2.40. The molecule has 19 heavy (non-hydrogen) atoms. The zero-order valence-electron chi connectivity index (χ0n) is 10.4. The number of rotatable bonds is 3. The monoisotopic (exact) mass is 315 g/mol. The Kier molecular flexibility index (Phi) is 4.50. The van der Waals surface area contributed by atoms with Crippen LogP contribution >= 0.6 is 34.8 Å². The molecule has 3 nitrogen and oxygen atoms in total. The van der Waals surface area contributed by atoms with Crippen LogP contribution in [0.4, 0.5) is 11.5 Å². The number of anilines is 2. The Morgan fingerprint density at radius 3 is 2.21 bits per heavy atom. The average molecular weight is 317 g/mol. The maximum atomic E-state index is 6.11. The Morgan fingerprint density at radius 2 is 1.63 bits per heavy atom. The summed E-state index contributed by atoms with van der Waals surface area (Å²) in [6, 6.07) is 5.21. The van der Waals surface area contributed by atoms with E-state index in [2.05, 4.69) is 15.3 Å². The maximum absolute atomic E-state index is 6.11. The third-order valence-corrected chi connectivity index (χ3v) is 3.28.